The Bertz CT molecular complexity index is 987. The first-order valence-electron chi connectivity index (χ1n) is 8.65. The molecule has 0 radical (unpaired) electrons. The van der Waals surface area contributed by atoms with Crippen molar-refractivity contribution in [1.29, 1.82) is 0 Å². The molecule has 1 heterocycles. The summed E-state index contributed by atoms with van der Waals surface area (Å²) in [6.07, 6.45) is 0.00469. The van der Waals surface area contributed by atoms with E-state index < -0.39 is 0 Å². The van der Waals surface area contributed by atoms with Crippen LogP contribution in [-0.2, 0) is 0 Å². The number of halogens is 1. The van der Waals surface area contributed by atoms with Crippen LogP contribution in [0.1, 0.15) is 33.9 Å². The van der Waals surface area contributed by atoms with Gasteiger partial charge in [-0.25, -0.2) is 0 Å². The van der Waals surface area contributed by atoms with Gasteiger partial charge in [-0.15, -0.1) is 11.3 Å². The van der Waals surface area contributed by atoms with Crippen LogP contribution in [0.5, 0.6) is 5.75 Å². The fourth-order valence-corrected chi connectivity index (χ4v) is 3.31. The number of rotatable bonds is 6. The van der Waals surface area contributed by atoms with Gasteiger partial charge < -0.3 is 15.4 Å². The van der Waals surface area contributed by atoms with Crippen LogP contribution < -0.4 is 15.4 Å². The van der Waals surface area contributed by atoms with Crippen molar-refractivity contribution in [3.63, 3.8) is 0 Å². The van der Waals surface area contributed by atoms with Crippen molar-refractivity contribution in [3.8, 4) is 5.75 Å². The second-order valence-electron chi connectivity index (χ2n) is 6.28. The third kappa shape index (κ3) is 5.12. The van der Waals surface area contributed by atoms with E-state index in [0.717, 1.165) is 0 Å². The number of carbonyl (C=O) groups is 2. The maximum atomic E-state index is 12.6. The molecule has 2 aromatic carbocycles. The summed E-state index contributed by atoms with van der Waals surface area (Å²) < 4.78 is 5.59. The smallest absolute Gasteiger partial charge is 0.265 e. The van der Waals surface area contributed by atoms with Gasteiger partial charge >= 0.3 is 0 Å². The van der Waals surface area contributed by atoms with Crippen molar-refractivity contribution in [2.75, 3.05) is 10.6 Å². The highest BCUT2D eigenvalue weighted by Gasteiger charge is 2.12. The first-order valence-corrected chi connectivity index (χ1v) is 9.90. The molecule has 0 atom stereocenters. The number of anilines is 2. The van der Waals surface area contributed by atoms with E-state index in [9.17, 15) is 9.59 Å². The van der Waals surface area contributed by atoms with Gasteiger partial charge in [0, 0.05) is 16.9 Å². The topological polar surface area (TPSA) is 67.4 Å². The van der Waals surface area contributed by atoms with Crippen LogP contribution in [0.25, 0.3) is 0 Å². The molecule has 2 amide bonds. The minimum atomic E-state index is -0.305. The summed E-state index contributed by atoms with van der Waals surface area (Å²) in [7, 11) is 0. The summed E-state index contributed by atoms with van der Waals surface area (Å²) >= 11 is 7.57. The Morgan fingerprint density at radius 3 is 2.39 bits per heavy atom. The van der Waals surface area contributed by atoms with Gasteiger partial charge in [0.25, 0.3) is 11.8 Å². The van der Waals surface area contributed by atoms with Crippen molar-refractivity contribution >= 4 is 46.1 Å². The molecule has 0 aliphatic carbocycles. The minimum Gasteiger partial charge on any atom is -0.489 e. The molecule has 0 saturated heterocycles. The highest BCUT2D eigenvalue weighted by Crippen LogP contribution is 2.28. The lowest BCUT2D eigenvalue weighted by molar-refractivity contribution is 0.101. The summed E-state index contributed by atoms with van der Waals surface area (Å²) in [6, 6.07) is 15.4. The molecule has 3 aromatic rings. The average molecular weight is 415 g/mol. The highest BCUT2D eigenvalue weighted by molar-refractivity contribution is 7.12. The fraction of sp³-hybridized carbons (Fsp3) is 0.143. The lowest BCUT2D eigenvalue weighted by Gasteiger charge is -2.13. The fourth-order valence-electron chi connectivity index (χ4n) is 2.47. The molecule has 1 aromatic heterocycles. The van der Waals surface area contributed by atoms with Crippen LogP contribution in [0.4, 0.5) is 11.4 Å². The van der Waals surface area contributed by atoms with Crippen molar-refractivity contribution in [1.82, 2.24) is 0 Å². The summed E-state index contributed by atoms with van der Waals surface area (Å²) in [6.45, 7) is 3.83. The number of amides is 2. The van der Waals surface area contributed by atoms with Gasteiger partial charge in [0.15, 0.2) is 0 Å². The SMILES string of the molecule is CC(C)Oc1ccc(NC(=O)c2cccc(NC(=O)c3cccs3)c2)cc1Cl. The van der Waals surface area contributed by atoms with Crippen molar-refractivity contribution in [2.24, 2.45) is 0 Å². The molecule has 0 aliphatic rings. The molecule has 0 aliphatic heterocycles. The molecule has 144 valence electrons. The molecule has 0 fully saturated rings. The maximum absolute atomic E-state index is 12.6. The molecular weight excluding hydrogens is 396 g/mol. The summed E-state index contributed by atoms with van der Waals surface area (Å²) in [4.78, 5) is 25.3. The van der Waals surface area contributed by atoms with E-state index >= 15 is 0 Å². The van der Waals surface area contributed by atoms with Gasteiger partial charge in [0.2, 0.25) is 0 Å². The zero-order valence-corrected chi connectivity index (χ0v) is 16.9. The Morgan fingerprint density at radius 1 is 0.964 bits per heavy atom. The Balaban J connectivity index is 1.69. The molecule has 3 rings (SSSR count). The van der Waals surface area contributed by atoms with E-state index in [4.69, 9.17) is 16.3 Å². The lowest BCUT2D eigenvalue weighted by Crippen LogP contribution is -2.14. The minimum absolute atomic E-state index is 0.00469. The predicted molar refractivity (Wildman–Crippen MR) is 114 cm³/mol. The van der Waals surface area contributed by atoms with Crippen LogP contribution in [0.2, 0.25) is 5.02 Å². The van der Waals surface area contributed by atoms with E-state index in [1.54, 1.807) is 48.5 Å². The largest absolute Gasteiger partial charge is 0.489 e. The first-order chi connectivity index (χ1) is 13.4. The highest BCUT2D eigenvalue weighted by atomic mass is 35.5. The molecule has 28 heavy (non-hydrogen) atoms. The summed E-state index contributed by atoms with van der Waals surface area (Å²) in [5.41, 5.74) is 1.52. The second kappa shape index (κ2) is 8.91. The van der Waals surface area contributed by atoms with Gasteiger partial charge in [-0.05, 0) is 61.7 Å². The van der Waals surface area contributed by atoms with E-state index in [-0.39, 0.29) is 17.9 Å². The molecular formula is C21H19ClN2O3S. The zero-order valence-electron chi connectivity index (χ0n) is 15.4. The normalized spacial score (nSPS) is 10.6. The van der Waals surface area contributed by atoms with Crippen LogP contribution in [-0.4, -0.2) is 17.9 Å². The van der Waals surface area contributed by atoms with Crippen LogP contribution in [0, 0.1) is 0 Å². The molecule has 0 saturated carbocycles. The maximum Gasteiger partial charge on any atom is 0.265 e. The molecule has 7 heteroatoms. The van der Waals surface area contributed by atoms with Crippen molar-refractivity contribution in [3.05, 3.63) is 75.4 Å². The molecule has 0 unspecified atom stereocenters. The lowest BCUT2D eigenvalue weighted by atomic mass is 10.1. The number of ether oxygens (including phenoxy) is 1. The number of hydrogen-bond acceptors (Lipinski definition) is 4. The third-order valence-electron chi connectivity index (χ3n) is 3.68. The van der Waals surface area contributed by atoms with Crippen LogP contribution in [0.3, 0.4) is 0 Å². The van der Waals surface area contributed by atoms with Gasteiger partial charge in [-0.3, -0.25) is 9.59 Å². The standard InChI is InChI=1S/C21H19ClN2O3S/c1-13(2)27-18-9-8-16(12-17(18)22)23-20(25)14-5-3-6-15(11-14)24-21(26)19-7-4-10-28-19/h3-13H,1-2H3,(H,23,25)(H,24,26). The van der Waals surface area contributed by atoms with E-state index in [0.29, 0.717) is 32.6 Å². The molecule has 5 nitrogen and oxygen atoms in total. The average Bonchev–Trinajstić information content (AvgIpc) is 3.19. The third-order valence-corrected chi connectivity index (χ3v) is 4.84. The molecule has 0 spiro atoms. The Morgan fingerprint density at radius 2 is 1.71 bits per heavy atom. The van der Waals surface area contributed by atoms with Gasteiger partial charge in [0.1, 0.15) is 5.75 Å². The quantitative estimate of drug-likeness (QED) is 0.544. The number of hydrogen-bond donors (Lipinski definition) is 2. The van der Waals surface area contributed by atoms with E-state index in [1.807, 2.05) is 25.3 Å². The van der Waals surface area contributed by atoms with Crippen molar-refractivity contribution in [2.45, 2.75) is 20.0 Å². The predicted octanol–water partition coefficient (Wildman–Crippen LogP) is 5.69. The Hall–Kier alpha value is -2.83. The molecule has 0 bridgehead atoms. The van der Waals surface area contributed by atoms with Gasteiger partial charge in [-0.2, -0.15) is 0 Å². The summed E-state index contributed by atoms with van der Waals surface area (Å²) in [5, 5.41) is 7.84. The van der Waals surface area contributed by atoms with Crippen molar-refractivity contribution < 1.29 is 14.3 Å². The van der Waals surface area contributed by atoms with Crippen LogP contribution >= 0.6 is 22.9 Å². The monoisotopic (exact) mass is 414 g/mol. The molecule has 2 N–H and O–H groups in total. The number of nitrogens with one attached hydrogen (secondary N) is 2. The van der Waals surface area contributed by atoms with Crippen LogP contribution in [0.15, 0.2) is 60.0 Å². The van der Waals surface area contributed by atoms with Gasteiger partial charge in [0.05, 0.1) is 16.0 Å². The zero-order chi connectivity index (χ0) is 20.1. The van der Waals surface area contributed by atoms with E-state index in [1.165, 1.54) is 11.3 Å². The number of thiophene rings is 1. The summed E-state index contributed by atoms with van der Waals surface area (Å²) in [5.74, 6) is 0.0499. The number of carbonyl (C=O) groups excluding carboxylic acids is 2. The Kier molecular flexibility index (Phi) is 6.34. The van der Waals surface area contributed by atoms with Gasteiger partial charge in [-0.1, -0.05) is 23.7 Å². The number of benzene rings is 2. The second-order valence-corrected chi connectivity index (χ2v) is 7.63. The first kappa shape index (κ1) is 19.9. The van der Waals surface area contributed by atoms with E-state index in [2.05, 4.69) is 10.6 Å². The Labute approximate surface area is 172 Å².